The minimum atomic E-state index is -0.899. The molecule has 23 heavy (non-hydrogen) atoms. The van der Waals surface area contributed by atoms with E-state index in [0.717, 1.165) is 25.7 Å². The number of rotatable bonds is 2. The standard InChI is InChI=1S/C18H20FNO3/c19-13-4-3-5-14-15(13)18(8-1-2-9-18)10-20(14)16(21)11-6-7-12(11)17(22)23/h3-5,11-12H,1-2,6-10H2,(H,22,23). The predicted octanol–water partition coefficient (Wildman–Crippen LogP) is 3.09. The van der Waals surface area contributed by atoms with Crippen LogP contribution in [0.15, 0.2) is 18.2 Å². The summed E-state index contributed by atoms with van der Waals surface area (Å²) in [4.78, 5) is 25.8. The summed E-state index contributed by atoms with van der Waals surface area (Å²) in [6, 6.07) is 4.91. The fourth-order valence-electron chi connectivity index (χ4n) is 4.68. The van der Waals surface area contributed by atoms with E-state index >= 15 is 0 Å². The molecule has 122 valence electrons. The Balaban J connectivity index is 1.70. The lowest BCUT2D eigenvalue weighted by atomic mass is 9.73. The molecule has 1 aromatic rings. The molecule has 2 aliphatic carbocycles. The van der Waals surface area contributed by atoms with E-state index in [1.54, 1.807) is 17.0 Å². The van der Waals surface area contributed by atoms with Gasteiger partial charge in [0, 0.05) is 17.5 Å². The smallest absolute Gasteiger partial charge is 0.307 e. The van der Waals surface area contributed by atoms with Crippen molar-refractivity contribution in [3.05, 3.63) is 29.6 Å². The molecule has 1 aromatic carbocycles. The van der Waals surface area contributed by atoms with Gasteiger partial charge < -0.3 is 10.0 Å². The van der Waals surface area contributed by atoms with Crippen molar-refractivity contribution in [1.82, 2.24) is 0 Å². The molecule has 1 N–H and O–H groups in total. The van der Waals surface area contributed by atoms with Crippen LogP contribution in [0.25, 0.3) is 0 Å². The van der Waals surface area contributed by atoms with Gasteiger partial charge in [0.1, 0.15) is 5.82 Å². The second-order valence-corrected chi connectivity index (χ2v) is 7.17. The highest BCUT2D eigenvalue weighted by Gasteiger charge is 2.51. The number of benzene rings is 1. The molecule has 1 spiro atoms. The van der Waals surface area contributed by atoms with E-state index in [1.165, 1.54) is 6.07 Å². The lowest BCUT2D eigenvalue weighted by Crippen LogP contribution is -2.47. The van der Waals surface area contributed by atoms with Gasteiger partial charge in [-0.25, -0.2) is 4.39 Å². The highest BCUT2D eigenvalue weighted by Crippen LogP contribution is 2.52. The first kappa shape index (κ1) is 14.7. The third-order valence-electron chi connectivity index (χ3n) is 6.01. The number of carboxylic acids is 1. The third kappa shape index (κ3) is 2.02. The normalized spacial score (nSPS) is 27.8. The van der Waals surface area contributed by atoms with Gasteiger partial charge in [0.2, 0.25) is 5.91 Å². The van der Waals surface area contributed by atoms with Crippen molar-refractivity contribution >= 4 is 17.6 Å². The topological polar surface area (TPSA) is 57.6 Å². The Morgan fingerprint density at radius 1 is 1.17 bits per heavy atom. The molecule has 2 fully saturated rings. The van der Waals surface area contributed by atoms with E-state index in [-0.39, 0.29) is 17.1 Å². The summed E-state index contributed by atoms with van der Waals surface area (Å²) in [6.45, 7) is 0.505. The van der Waals surface area contributed by atoms with Crippen LogP contribution in [0.3, 0.4) is 0 Å². The second-order valence-electron chi connectivity index (χ2n) is 7.17. The van der Waals surface area contributed by atoms with Crippen LogP contribution in [0.5, 0.6) is 0 Å². The van der Waals surface area contributed by atoms with Gasteiger partial charge in [-0.3, -0.25) is 9.59 Å². The quantitative estimate of drug-likeness (QED) is 0.912. The number of carboxylic acid groups (broad SMARTS) is 1. The van der Waals surface area contributed by atoms with Crippen LogP contribution in [-0.4, -0.2) is 23.5 Å². The average molecular weight is 317 g/mol. The van der Waals surface area contributed by atoms with Crippen molar-refractivity contribution in [2.45, 2.75) is 43.9 Å². The maximum Gasteiger partial charge on any atom is 0.307 e. The molecule has 0 bridgehead atoms. The molecule has 4 rings (SSSR count). The van der Waals surface area contributed by atoms with Gasteiger partial charge in [-0.1, -0.05) is 18.9 Å². The molecule has 2 atom stereocenters. The molecule has 0 aromatic heterocycles. The Morgan fingerprint density at radius 2 is 1.87 bits per heavy atom. The number of hydrogen-bond donors (Lipinski definition) is 1. The molecule has 1 amide bonds. The molecule has 2 saturated carbocycles. The van der Waals surface area contributed by atoms with E-state index in [9.17, 15) is 19.1 Å². The van der Waals surface area contributed by atoms with Gasteiger partial charge in [0.05, 0.1) is 17.5 Å². The summed E-state index contributed by atoms with van der Waals surface area (Å²) in [6.07, 6.45) is 5.08. The van der Waals surface area contributed by atoms with E-state index in [2.05, 4.69) is 0 Å². The predicted molar refractivity (Wildman–Crippen MR) is 82.7 cm³/mol. The van der Waals surface area contributed by atoms with Crippen molar-refractivity contribution in [3.8, 4) is 0 Å². The number of anilines is 1. The molecule has 0 saturated heterocycles. The highest BCUT2D eigenvalue weighted by molar-refractivity contribution is 6.00. The number of carbonyl (C=O) groups excluding carboxylic acids is 1. The number of halogens is 1. The first-order valence-corrected chi connectivity index (χ1v) is 8.37. The molecular formula is C18H20FNO3. The van der Waals surface area contributed by atoms with Gasteiger partial charge in [-0.05, 0) is 37.8 Å². The van der Waals surface area contributed by atoms with Crippen LogP contribution < -0.4 is 4.90 Å². The summed E-state index contributed by atoms with van der Waals surface area (Å²) in [5.74, 6) is -2.31. The lowest BCUT2D eigenvalue weighted by Gasteiger charge is -2.35. The Kier molecular flexibility index (Phi) is 3.22. The number of hydrogen-bond acceptors (Lipinski definition) is 2. The molecule has 5 heteroatoms. The fourth-order valence-corrected chi connectivity index (χ4v) is 4.68. The monoisotopic (exact) mass is 317 g/mol. The zero-order chi connectivity index (χ0) is 16.2. The Hall–Kier alpha value is -1.91. The van der Waals surface area contributed by atoms with E-state index in [4.69, 9.17) is 0 Å². The largest absolute Gasteiger partial charge is 0.481 e. The van der Waals surface area contributed by atoms with E-state index in [0.29, 0.717) is 30.6 Å². The van der Waals surface area contributed by atoms with Crippen LogP contribution in [0, 0.1) is 17.7 Å². The molecule has 1 aliphatic heterocycles. The number of fused-ring (bicyclic) bond motifs is 2. The molecule has 0 radical (unpaired) electrons. The first-order valence-electron chi connectivity index (χ1n) is 8.37. The molecular weight excluding hydrogens is 297 g/mol. The maximum absolute atomic E-state index is 14.5. The molecule has 3 aliphatic rings. The molecule has 4 nitrogen and oxygen atoms in total. The van der Waals surface area contributed by atoms with Gasteiger partial charge in [0.15, 0.2) is 0 Å². The Morgan fingerprint density at radius 3 is 2.48 bits per heavy atom. The number of amides is 1. The summed E-state index contributed by atoms with van der Waals surface area (Å²) in [5, 5.41) is 9.21. The van der Waals surface area contributed by atoms with Crippen molar-refractivity contribution < 1.29 is 19.1 Å². The van der Waals surface area contributed by atoms with Gasteiger partial charge >= 0.3 is 5.97 Å². The van der Waals surface area contributed by atoms with Crippen LogP contribution >= 0.6 is 0 Å². The molecule has 2 unspecified atom stereocenters. The summed E-state index contributed by atoms with van der Waals surface area (Å²) >= 11 is 0. The Bertz CT molecular complexity index is 681. The molecule has 1 heterocycles. The number of carbonyl (C=O) groups is 2. The van der Waals surface area contributed by atoms with Crippen LogP contribution in [-0.2, 0) is 15.0 Å². The summed E-state index contributed by atoms with van der Waals surface area (Å²) in [7, 11) is 0. The first-order chi connectivity index (χ1) is 11.0. The van der Waals surface area contributed by atoms with Crippen molar-refractivity contribution in [2.75, 3.05) is 11.4 Å². The van der Waals surface area contributed by atoms with Crippen LogP contribution in [0.2, 0.25) is 0 Å². The highest BCUT2D eigenvalue weighted by atomic mass is 19.1. The number of nitrogens with zero attached hydrogens (tertiary/aromatic N) is 1. The zero-order valence-corrected chi connectivity index (χ0v) is 12.9. The van der Waals surface area contributed by atoms with Crippen molar-refractivity contribution in [1.29, 1.82) is 0 Å². The van der Waals surface area contributed by atoms with E-state index in [1.807, 2.05) is 0 Å². The lowest BCUT2D eigenvalue weighted by molar-refractivity contribution is -0.152. The van der Waals surface area contributed by atoms with Crippen molar-refractivity contribution in [2.24, 2.45) is 11.8 Å². The minimum absolute atomic E-state index is 0.140. The average Bonchev–Trinajstić information content (AvgIpc) is 3.04. The fraction of sp³-hybridized carbons (Fsp3) is 0.556. The summed E-state index contributed by atoms with van der Waals surface area (Å²) in [5.41, 5.74) is 1.07. The van der Waals surface area contributed by atoms with Gasteiger partial charge in [-0.2, -0.15) is 0 Å². The van der Waals surface area contributed by atoms with Crippen LogP contribution in [0.1, 0.15) is 44.1 Å². The van der Waals surface area contributed by atoms with Crippen molar-refractivity contribution in [3.63, 3.8) is 0 Å². The van der Waals surface area contributed by atoms with Gasteiger partial charge in [0.25, 0.3) is 0 Å². The zero-order valence-electron chi connectivity index (χ0n) is 12.9. The second kappa shape index (κ2) is 5.05. The SMILES string of the molecule is O=C(O)C1CCC1C(=O)N1CC2(CCCC2)c2c(F)cccc21. The Labute approximate surface area is 134 Å². The number of aliphatic carboxylic acids is 1. The minimum Gasteiger partial charge on any atom is -0.481 e. The summed E-state index contributed by atoms with van der Waals surface area (Å²) < 4.78 is 14.5. The third-order valence-corrected chi connectivity index (χ3v) is 6.01. The van der Waals surface area contributed by atoms with Crippen LogP contribution in [0.4, 0.5) is 10.1 Å². The maximum atomic E-state index is 14.5. The van der Waals surface area contributed by atoms with E-state index < -0.39 is 17.8 Å². The van der Waals surface area contributed by atoms with Gasteiger partial charge in [-0.15, -0.1) is 0 Å².